The van der Waals surface area contributed by atoms with Crippen LogP contribution < -0.4 is 5.73 Å². The minimum atomic E-state index is 0.446. The largest absolute Gasteiger partial charge is 0.370 e. The first-order valence-corrected chi connectivity index (χ1v) is 14.7. The molecular weight excluding hydrogens is 444 g/mol. The fraction of sp³-hybridized carbons (Fsp3) is 0.733. The van der Waals surface area contributed by atoms with Gasteiger partial charge in [-0.3, -0.25) is 10.4 Å². The van der Waals surface area contributed by atoms with Gasteiger partial charge < -0.3 is 20.4 Å². The van der Waals surface area contributed by atoms with Crippen LogP contribution >= 0.6 is 0 Å². The number of benzene rings is 1. The lowest BCUT2D eigenvalue weighted by molar-refractivity contribution is 0.232. The standard InChI is InChI=1S/C30H50N6/c1-4-24(3)28-22-34(30(32)35(28)18-16-25-14-10-11-23(2)19-25)17-9-8-15-27-20-33-29(31)36(27)21-26-12-6-5-7-13-26/h10-11,14,19,24,26-28,32H,4-9,12-13,15-18,20-22H2,1-3H3,(H2,31,33)/t24-,27-,28+/m0/s1. The van der Waals surface area contributed by atoms with Gasteiger partial charge in [0, 0.05) is 26.2 Å². The predicted octanol–water partition coefficient (Wildman–Crippen LogP) is 5.25. The number of aryl methyl sites for hydroxylation is 1. The minimum absolute atomic E-state index is 0.446. The van der Waals surface area contributed by atoms with E-state index < -0.39 is 0 Å². The number of unbranched alkanes of at least 4 members (excludes halogenated alkanes) is 1. The van der Waals surface area contributed by atoms with Crippen molar-refractivity contribution in [2.45, 2.75) is 97.1 Å². The highest BCUT2D eigenvalue weighted by Gasteiger charge is 2.36. The zero-order chi connectivity index (χ0) is 25.5. The Bertz CT molecular complexity index is 876. The predicted molar refractivity (Wildman–Crippen MR) is 152 cm³/mol. The summed E-state index contributed by atoms with van der Waals surface area (Å²) < 4.78 is 0. The van der Waals surface area contributed by atoms with Crippen LogP contribution in [0.25, 0.3) is 0 Å². The second-order valence-corrected chi connectivity index (χ2v) is 11.7. The van der Waals surface area contributed by atoms with Gasteiger partial charge in [0.05, 0.1) is 18.6 Å². The van der Waals surface area contributed by atoms with Crippen LogP contribution in [0, 0.1) is 24.2 Å². The summed E-state index contributed by atoms with van der Waals surface area (Å²) >= 11 is 0. The van der Waals surface area contributed by atoms with Gasteiger partial charge in [-0.1, -0.05) is 69.4 Å². The number of hydrogen-bond acceptors (Lipinski definition) is 4. The molecule has 1 aliphatic carbocycles. The summed E-state index contributed by atoms with van der Waals surface area (Å²) in [5.41, 5.74) is 8.98. The molecule has 0 aromatic heterocycles. The molecule has 200 valence electrons. The normalized spacial score (nSPS) is 24.0. The maximum absolute atomic E-state index is 8.98. The van der Waals surface area contributed by atoms with Crippen molar-refractivity contribution in [2.24, 2.45) is 22.6 Å². The summed E-state index contributed by atoms with van der Waals surface area (Å²) in [5, 5.41) is 8.98. The van der Waals surface area contributed by atoms with E-state index in [1.54, 1.807) is 0 Å². The van der Waals surface area contributed by atoms with E-state index in [1.807, 2.05) is 0 Å². The number of nitrogens with one attached hydrogen (secondary N) is 1. The summed E-state index contributed by atoms with van der Waals surface area (Å²) in [5.74, 6) is 2.90. The average molecular weight is 495 g/mol. The zero-order valence-corrected chi connectivity index (χ0v) is 23.1. The molecule has 6 heteroatoms. The van der Waals surface area contributed by atoms with Crippen molar-refractivity contribution in [2.75, 3.05) is 32.7 Å². The highest BCUT2D eigenvalue weighted by molar-refractivity contribution is 5.80. The van der Waals surface area contributed by atoms with Gasteiger partial charge in [-0.2, -0.15) is 0 Å². The molecule has 1 aromatic rings. The maximum atomic E-state index is 8.98. The van der Waals surface area contributed by atoms with Crippen molar-refractivity contribution >= 4 is 11.9 Å². The molecule has 2 aliphatic heterocycles. The lowest BCUT2D eigenvalue weighted by atomic mass is 9.88. The molecule has 0 spiro atoms. The Balaban J connectivity index is 1.25. The Morgan fingerprint density at radius 3 is 2.67 bits per heavy atom. The second kappa shape index (κ2) is 12.8. The zero-order valence-electron chi connectivity index (χ0n) is 23.1. The summed E-state index contributed by atoms with van der Waals surface area (Å²) in [4.78, 5) is 11.7. The molecule has 3 aliphatic rings. The van der Waals surface area contributed by atoms with Gasteiger partial charge in [-0.25, -0.2) is 0 Å². The van der Waals surface area contributed by atoms with Crippen LogP contribution in [0.3, 0.4) is 0 Å². The van der Waals surface area contributed by atoms with Crippen LogP contribution in [0.4, 0.5) is 0 Å². The van der Waals surface area contributed by atoms with Gasteiger partial charge in [0.1, 0.15) is 0 Å². The molecule has 36 heavy (non-hydrogen) atoms. The van der Waals surface area contributed by atoms with Crippen LogP contribution in [0.15, 0.2) is 29.3 Å². The first kappa shape index (κ1) is 26.8. The summed E-state index contributed by atoms with van der Waals surface area (Å²) in [6.07, 6.45) is 12.5. The van der Waals surface area contributed by atoms with Crippen molar-refractivity contribution in [3.05, 3.63) is 35.4 Å². The minimum Gasteiger partial charge on any atom is -0.370 e. The third-order valence-corrected chi connectivity index (χ3v) is 9.00. The number of aliphatic imine (C=N–C) groups is 1. The van der Waals surface area contributed by atoms with E-state index in [2.05, 4.69) is 64.7 Å². The lowest BCUT2D eigenvalue weighted by Crippen LogP contribution is -2.43. The number of guanidine groups is 2. The Morgan fingerprint density at radius 2 is 1.92 bits per heavy atom. The molecule has 0 bridgehead atoms. The van der Waals surface area contributed by atoms with Crippen molar-refractivity contribution in [3.8, 4) is 0 Å². The first-order valence-electron chi connectivity index (χ1n) is 14.7. The molecule has 1 saturated heterocycles. The molecule has 0 amide bonds. The number of hydrogen-bond donors (Lipinski definition) is 2. The average Bonchev–Trinajstić information content (AvgIpc) is 3.39. The third-order valence-electron chi connectivity index (χ3n) is 9.00. The van der Waals surface area contributed by atoms with Crippen molar-refractivity contribution in [3.63, 3.8) is 0 Å². The molecule has 6 nitrogen and oxygen atoms in total. The molecule has 0 radical (unpaired) electrons. The Morgan fingerprint density at radius 1 is 1.11 bits per heavy atom. The van der Waals surface area contributed by atoms with E-state index in [4.69, 9.17) is 11.1 Å². The fourth-order valence-corrected chi connectivity index (χ4v) is 6.49. The fourth-order valence-electron chi connectivity index (χ4n) is 6.49. The van der Waals surface area contributed by atoms with Crippen LogP contribution in [-0.2, 0) is 6.42 Å². The molecule has 3 N–H and O–H groups in total. The van der Waals surface area contributed by atoms with Crippen molar-refractivity contribution < 1.29 is 0 Å². The van der Waals surface area contributed by atoms with Gasteiger partial charge in [-0.05, 0) is 62.8 Å². The van der Waals surface area contributed by atoms with Gasteiger partial charge in [-0.15, -0.1) is 0 Å². The Labute approximate surface area is 219 Å². The van der Waals surface area contributed by atoms with Crippen LogP contribution in [0.1, 0.15) is 82.8 Å². The van der Waals surface area contributed by atoms with Gasteiger partial charge in [0.15, 0.2) is 11.9 Å². The van der Waals surface area contributed by atoms with E-state index in [1.165, 1.54) is 49.7 Å². The monoisotopic (exact) mass is 494 g/mol. The van der Waals surface area contributed by atoms with Crippen molar-refractivity contribution in [1.29, 1.82) is 5.41 Å². The van der Waals surface area contributed by atoms with E-state index in [9.17, 15) is 0 Å². The van der Waals surface area contributed by atoms with E-state index in [0.717, 1.165) is 76.2 Å². The van der Waals surface area contributed by atoms with Gasteiger partial charge >= 0.3 is 0 Å². The summed E-state index contributed by atoms with van der Waals surface area (Å²) in [6.45, 7) is 11.7. The van der Waals surface area contributed by atoms with E-state index in [0.29, 0.717) is 18.0 Å². The molecule has 2 fully saturated rings. The quantitative estimate of drug-likeness (QED) is 0.389. The molecule has 1 saturated carbocycles. The third kappa shape index (κ3) is 6.74. The van der Waals surface area contributed by atoms with Gasteiger partial charge in [0.25, 0.3) is 0 Å². The van der Waals surface area contributed by atoms with Crippen molar-refractivity contribution in [1.82, 2.24) is 14.7 Å². The van der Waals surface area contributed by atoms with Crippen LogP contribution in [0.2, 0.25) is 0 Å². The highest BCUT2D eigenvalue weighted by atomic mass is 15.4. The Kier molecular flexibility index (Phi) is 9.55. The SMILES string of the molecule is CC[C@H](C)[C@H]1CN(CCCC[C@H]2CN=C(N)N2CC2CCCCC2)C(=N)N1CCc1cccc(C)c1. The molecule has 3 atom stereocenters. The van der Waals surface area contributed by atoms with Crippen LogP contribution in [0.5, 0.6) is 0 Å². The smallest absolute Gasteiger partial charge is 0.194 e. The maximum Gasteiger partial charge on any atom is 0.194 e. The van der Waals surface area contributed by atoms with Crippen LogP contribution in [-0.4, -0.2) is 71.4 Å². The van der Waals surface area contributed by atoms with E-state index >= 15 is 0 Å². The highest BCUT2D eigenvalue weighted by Crippen LogP contribution is 2.28. The molecule has 2 heterocycles. The molecule has 4 rings (SSSR count). The molecule has 0 unspecified atom stereocenters. The Hall–Kier alpha value is -2.24. The number of rotatable bonds is 12. The molecule has 1 aromatic carbocycles. The lowest BCUT2D eigenvalue weighted by Gasteiger charge is -2.32. The van der Waals surface area contributed by atoms with E-state index in [-0.39, 0.29) is 0 Å². The number of nitrogens with zero attached hydrogens (tertiary/aromatic N) is 4. The van der Waals surface area contributed by atoms with Gasteiger partial charge in [0.2, 0.25) is 0 Å². The summed E-state index contributed by atoms with van der Waals surface area (Å²) in [7, 11) is 0. The topological polar surface area (TPSA) is 72.0 Å². The first-order chi connectivity index (χ1) is 17.5. The number of nitrogens with two attached hydrogens (primary N) is 1. The molecular formula is C30H50N6. The summed E-state index contributed by atoms with van der Waals surface area (Å²) in [6, 6.07) is 9.74. The second-order valence-electron chi connectivity index (χ2n) is 11.7.